The van der Waals surface area contributed by atoms with Gasteiger partial charge in [-0.1, -0.05) is 23.7 Å². The Labute approximate surface area is 128 Å². The van der Waals surface area contributed by atoms with Crippen LogP contribution in [-0.4, -0.2) is 25.2 Å². The van der Waals surface area contributed by atoms with E-state index in [4.69, 9.17) is 16.3 Å². The lowest BCUT2D eigenvalue weighted by atomic mass is 10.1. The molecule has 0 aliphatic carbocycles. The second kappa shape index (κ2) is 6.50. The number of hydrogen-bond donors (Lipinski definition) is 1. The number of methoxy groups -OCH3 is 1. The number of nitrogens with zero attached hydrogens (tertiary/aromatic N) is 1. The second-order valence-corrected chi connectivity index (χ2v) is 5.11. The standard InChI is InChI=1S/C16H16ClNO3/c1-18(10-11-3-5-12(17)6-4-11)15-9-13(21-2)7-8-14(15)16(19)20/h3-9H,10H2,1-2H3,(H,19,20). The lowest BCUT2D eigenvalue weighted by Gasteiger charge is -2.22. The molecule has 5 heteroatoms. The zero-order valence-electron chi connectivity index (χ0n) is 11.8. The van der Waals surface area contributed by atoms with Gasteiger partial charge in [0.1, 0.15) is 5.75 Å². The van der Waals surface area contributed by atoms with Crippen LogP contribution in [0.2, 0.25) is 5.02 Å². The van der Waals surface area contributed by atoms with Crippen molar-refractivity contribution in [2.75, 3.05) is 19.1 Å². The molecule has 0 aromatic heterocycles. The van der Waals surface area contributed by atoms with Crippen LogP contribution < -0.4 is 9.64 Å². The first-order valence-corrected chi connectivity index (χ1v) is 6.76. The fourth-order valence-corrected chi connectivity index (χ4v) is 2.21. The summed E-state index contributed by atoms with van der Waals surface area (Å²) < 4.78 is 5.17. The van der Waals surface area contributed by atoms with Crippen LogP contribution in [-0.2, 0) is 6.54 Å². The van der Waals surface area contributed by atoms with Crippen molar-refractivity contribution in [1.82, 2.24) is 0 Å². The Morgan fingerprint density at radius 1 is 1.24 bits per heavy atom. The largest absolute Gasteiger partial charge is 0.497 e. The van der Waals surface area contributed by atoms with Gasteiger partial charge in [-0.2, -0.15) is 0 Å². The maximum atomic E-state index is 11.3. The van der Waals surface area contributed by atoms with Crippen LogP contribution in [0.4, 0.5) is 5.69 Å². The van der Waals surface area contributed by atoms with Crippen LogP contribution in [0.1, 0.15) is 15.9 Å². The van der Waals surface area contributed by atoms with E-state index in [1.807, 2.05) is 36.2 Å². The maximum Gasteiger partial charge on any atom is 0.337 e. The summed E-state index contributed by atoms with van der Waals surface area (Å²) in [6.45, 7) is 0.574. The van der Waals surface area contributed by atoms with E-state index in [0.29, 0.717) is 23.0 Å². The third kappa shape index (κ3) is 3.67. The molecule has 1 N–H and O–H groups in total. The molecule has 0 saturated heterocycles. The number of carboxylic acid groups (broad SMARTS) is 1. The molecule has 21 heavy (non-hydrogen) atoms. The molecule has 0 bridgehead atoms. The molecule has 0 fully saturated rings. The molecule has 2 aromatic carbocycles. The Hall–Kier alpha value is -2.20. The van der Waals surface area contributed by atoms with Gasteiger partial charge in [0.15, 0.2) is 0 Å². The van der Waals surface area contributed by atoms with Gasteiger partial charge in [0.25, 0.3) is 0 Å². The summed E-state index contributed by atoms with van der Waals surface area (Å²) in [7, 11) is 3.40. The number of carboxylic acids is 1. The molecule has 0 aliphatic rings. The average molecular weight is 306 g/mol. The number of aromatic carboxylic acids is 1. The maximum absolute atomic E-state index is 11.3. The summed E-state index contributed by atoms with van der Waals surface area (Å²) in [5.74, 6) is -0.339. The molecule has 0 radical (unpaired) electrons. The van der Waals surface area contributed by atoms with Crippen LogP contribution >= 0.6 is 11.6 Å². The highest BCUT2D eigenvalue weighted by Crippen LogP contribution is 2.27. The summed E-state index contributed by atoms with van der Waals surface area (Å²) >= 11 is 5.86. The van der Waals surface area contributed by atoms with Gasteiger partial charge in [0, 0.05) is 24.7 Å². The minimum absolute atomic E-state index is 0.243. The van der Waals surface area contributed by atoms with Gasteiger partial charge < -0.3 is 14.7 Å². The molecule has 2 aromatic rings. The van der Waals surface area contributed by atoms with E-state index < -0.39 is 5.97 Å². The third-order valence-electron chi connectivity index (χ3n) is 3.18. The van der Waals surface area contributed by atoms with Crippen molar-refractivity contribution >= 4 is 23.3 Å². The summed E-state index contributed by atoms with van der Waals surface area (Å²) in [6, 6.07) is 12.4. The van der Waals surface area contributed by atoms with Gasteiger partial charge in [-0.05, 0) is 29.8 Å². The Morgan fingerprint density at radius 3 is 2.48 bits per heavy atom. The summed E-state index contributed by atoms with van der Waals surface area (Å²) in [5, 5.41) is 9.97. The summed E-state index contributed by atoms with van der Waals surface area (Å²) in [4.78, 5) is 13.2. The lowest BCUT2D eigenvalue weighted by molar-refractivity contribution is 0.0697. The molecule has 0 unspecified atom stereocenters. The molecule has 0 saturated carbocycles. The first kappa shape index (κ1) is 15.2. The minimum atomic E-state index is -0.962. The van der Waals surface area contributed by atoms with Crippen LogP contribution in [0.5, 0.6) is 5.75 Å². The molecule has 110 valence electrons. The molecule has 0 aliphatic heterocycles. The number of anilines is 1. The van der Waals surface area contributed by atoms with Crippen molar-refractivity contribution in [3.8, 4) is 5.75 Å². The van der Waals surface area contributed by atoms with E-state index in [2.05, 4.69) is 0 Å². The fraction of sp³-hybridized carbons (Fsp3) is 0.188. The van der Waals surface area contributed by atoms with Gasteiger partial charge in [-0.3, -0.25) is 0 Å². The van der Waals surface area contributed by atoms with Gasteiger partial charge in [0.2, 0.25) is 0 Å². The highest BCUT2D eigenvalue weighted by molar-refractivity contribution is 6.30. The number of halogens is 1. The minimum Gasteiger partial charge on any atom is -0.497 e. The molecule has 4 nitrogen and oxygen atoms in total. The van der Waals surface area contributed by atoms with Crippen molar-refractivity contribution in [1.29, 1.82) is 0 Å². The van der Waals surface area contributed by atoms with Crippen molar-refractivity contribution in [3.05, 3.63) is 58.6 Å². The quantitative estimate of drug-likeness (QED) is 0.915. The average Bonchev–Trinajstić information content (AvgIpc) is 2.48. The lowest BCUT2D eigenvalue weighted by Crippen LogP contribution is -2.19. The smallest absolute Gasteiger partial charge is 0.337 e. The first-order chi connectivity index (χ1) is 10.0. The third-order valence-corrected chi connectivity index (χ3v) is 3.43. The first-order valence-electron chi connectivity index (χ1n) is 6.38. The number of carbonyl (C=O) groups is 1. The fourth-order valence-electron chi connectivity index (χ4n) is 2.08. The molecule has 0 heterocycles. The predicted molar refractivity (Wildman–Crippen MR) is 83.5 cm³/mol. The molecule has 0 atom stereocenters. The second-order valence-electron chi connectivity index (χ2n) is 4.67. The van der Waals surface area contributed by atoms with Crippen LogP contribution in [0.25, 0.3) is 0 Å². The van der Waals surface area contributed by atoms with Crippen molar-refractivity contribution < 1.29 is 14.6 Å². The topological polar surface area (TPSA) is 49.8 Å². The number of ether oxygens (including phenoxy) is 1. The Bertz CT molecular complexity index is 640. The molecular weight excluding hydrogens is 290 g/mol. The zero-order chi connectivity index (χ0) is 15.4. The Kier molecular flexibility index (Phi) is 4.70. The SMILES string of the molecule is COc1ccc(C(=O)O)c(N(C)Cc2ccc(Cl)cc2)c1. The van der Waals surface area contributed by atoms with E-state index in [1.165, 1.54) is 0 Å². The molecule has 0 amide bonds. The number of rotatable bonds is 5. The van der Waals surface area contributed by atoms with E-state index in [9.17, 15) is 9.90 Å². The zero-order valence-corrected chi connectivity index (χ0v) is 12.6. The van der Waals surface area contributed by atoms with Crippen LogP contribution in [0.15, 0.2) is 42.5 Å². The summed E-state index contributed by atoms with van der Waals surface area (Å²) in [6.07, 6.45) is 0. The van der Waals surface area contributed by atoms with Gasteiger partial charge in [-0.15, -0.1) is 0 Å². The number of benzene rings is 2. The monoisotopic (exact) mass is 305 g/mol. The van der Waals surface area contributed by atoms with Crippen molar-refractivity contribution in [2.24, 2.45) is 0 Å². The van der Waals surface area contributed by atoms with E-state index in [-0.39, 0.29) is 5.56 Å². The molecule has 2 rings (SSSR count). The van der Waals surface area contributed by atoms with Gasteiger partial charge in [0.05, 0.1) is 18.4 Å². The van der Waals surface area contributed by atoms with Crippen molar-refractivity contribution in [2.45, 2.75) is 6.54 Å². The van der Waals surface area contributed by atoms with Gasteiger partial charge in [-0.25, -0.2) is 4.79 Å². The number of hydrogen-bond acceptors (Lipinski definition) is 3. The van der Waals surface area contributed by atoms with E-state index in [0.717, 1.165) is 5.56 Å². The van der Waals surface area contributed by atoms with Gasteiger partial charge >= 0.3 is 5.97 Å². The van der Waals surface area contributed by atoms with Crippen LogP contribution in [0.3, 0.4) is 0 Å². The molecular formula is C16H16ClNO3. The normalized spacial score (nSPS) is 10.2. The van der Waals surface area contributed by atoms with Crippen molar-refractivity contribution in [3.63, 3.8) is 0 Å². The molecule has 0 spiro atoms. The Balaban J connectivity index is 2.30. The highest BCUT2D eigenvalue weighted by Gasteiger charge is 2.15. The predicted octanol–water partition coefficient (Wildman–Crippen LogP) is 3.68. The Morgan fingerprint density at radius 2 is 1.90 bits per heavy atom. The summed E-state index contributed by atoms with van der Waals surface area (Å²) in [5.41, 5.74) is 1.89. The highest BCUT2D eigenvalue weighted by atomic mass is 35.5. The van der Waals surface area contributed by atoms with Crippen LogP contribution in [0, 0.1) is 0 Å². The van der Waals surface area contributed by atoms with E-state index >= 15 is 0 Å². The van der Waals surface area contributed by atoms with E-state index in [1.54, 1.807) is 25.3 Å².